The first kappa shape index (κ1) is 19.5. The van der Waals surface area contributed by atoms with E-state index in [2.05, 4.69) is 30.7 Å². The lowest BCUT2D eigenvalue weighted by molar-refractivity contribution is -0.120. The van der Waals surface area contributed by atoms with Crippen LogP contribution in [0.3, 0.4) is 0 Å². The van der Waals surface area contributed by atoms with Crippen molar-refractivity contribution in [3.8, 4) is 11.5 Å². The Labute approximate surface area is 174 Å². The normalized spacial score (nSPS) is 10.7. The number of rotatable bonds is 8. The number of hydrogen-bond donors (Lipinski definition) is 2. The topological polar surface area (TPSA) is 128 Å². The number of amides is 1. The Balaban J connectivity index is 1.29. The van der Waals surface area contributed by atoms with Gasteiger partial charge in [-0.15, -0.1) is 11.3 Å². The number of anilines is 2. The van der Waals surface area contributed by atoms with E-state index in [9.17, 15) is 9.59 Å². The van der Waals surface area contributed by atoms with Crippen molar-refractivity contribution >= 4 is 28.3 Å². The molecule has 0 aliphatic heterocycles. The molecular formula is C19H17N7O3S. The molecule has 0 saturated heterocycles. The smallest absolute Gasteiger partial charge is 0.266 e. The Morgan fingerprint density at radius 3 is 2.83 bits per heavy atom. The fourth-order valence-corrected chi connectivity index (χ4v) is 3.30. The second-order valence-electron chi connectivity index (χ2n) is 6.13. The van der Waals surface area contributed by atoms with Crippen molar-refractivity contribution in [1.29, 1.82) is 0 Å². The number of aromatic nitrogens is 5. The molecule has 152 valence electrons. The lowest BCUT2D eigenvalue weighted by Crippen LogP contribution is -2.32. The van der Waals surface area contributed by atoms with Crippen LogP contribution in [0.2, 0.25) is 0 Å². The molecule has 4 aromatic heterocycles. The first-order chi connectivity index (χ1) is 14.7. The molecule has 30 heavy (non-hydrogen) atoms. The summed E-state index contributed by atoms with van der Waals surface area (Å²) in [6, 6.07) is 8.26. The van der Waals surface area contributed by atoms with Gasteiger partial charge in [0.1, 0.15) is 5.69 Å². The third-order valence-electron chi connectivity index (χ3n) is 3.96. The van der Waals surface area contributed by atoms with E-state index < -0.39 is 0 Å². The van der Waals surface area contributed by atoms with Crippen molar-refractivity contribution in [2.24, 2.45) is 0 Å². The highest BCUT2D eigenvalue weighted by Crippen LogP contribution is 2.18. The van der Waals surface area contributed by atoms with Crippen LogP contribution in [0, 0.1) is 0 Å². The third-order valence-corrected chi connectivity index (χ3v) is 4.77. The van der Waals surface area contributed by atoms with Gasteiger partial charge in [0.15, 0.2) is 10.9 Å². The van der Waals surface area contributed by atoms with E-state index in [0.29, 0.717) is 28.2 Å². The second kappa shape index (κ2) is 9.09. The van der Waals surface area contributed by atoms with E-state index in [1.165, 1.54) is 22.1 Å². The highest BCUT2D eigenvalue weighted by molar-refractivity contribution is 7.13. The summed E-state index contributed by atoms with van der Waals surface area (Å²) in [5.41, 5.74) is 0.930. The van der Waals surface area contributed by atoms with Crippen molar-refractivity contribution in [2.75, 3.05) is 11.9 Å². The highest BCUT2D eigenvalue weighted by atomic mass is 32.1. The van der Waals surface area contributed by atoms with Crippen molar-refractivity contribution in [1.82, 2.24) is 30.0 Å². The summed E-state index contributed by atoms with van der Waals surface area (Å²) >= 11 is 1.36. The number of hydrogen-bond acceptors (Lipinski definition) is 9. The molecule has 0 radical (unpaired) electrons. The van der Waals surface area contributed by atoms with Crippen LogP contribution >= 0.6 is 11.3 Å². The summed E-state index contributed by atoms with van der Waals surface area (Å²) in [6.07, 6.45) is 4.92. The average Bonchev–Trinajstić information content (AvgIpc) is 3.43. The van der Waals surface area contributed by atoms with E-state index in [1.807, 2.05) is 0 Å². The Hall–Kier alpha value is -3.86. The molecule has 0 atom stereocenters. The number of nitrogens with one attached hydrogen (secondary N) is 2. The van der Waals surface area contributed by atoms with Gasteiger partial charge in [0, 0.05) is 30.4 Å². The Morgan fingerprint density at radius 1 is 1.17 bits per heavy atom. The fraction of sp³-hybridized carbons (Fsp3) is 0.158. The molecule has 0 saturated carbocycles. The average molecular weight is 423 g/mol. The largest absolute Gasteiger partial charge is 0.463 e. The minimum Gasteiger partial charge on any atom is -0.463 e. The molecule has 10 nitrogen and oxygen atoms in total. The lowest BCUT2D eigenvalue weighted by Gasteiger charge is -2.07. The number of furan rings is 1. The maximum Gasteiger partial charge on any atom is 0.266 e. The minimum absolute atomic E-state index is 0.128. The summed E-state index contributed by atoms with van der Waals surface area (Å²) in [6.45, 7) is 0.509. The zero-order valence-corrected chi connectivity index (χ0v) is 16.5. The maximum atomic E-state index is 12.2. The van der Waals surface area contributed by atoms with Crippen molar-refractivity contribution in [2.45, 2.75) is 13.0 Å². The zero-order valence-electron chi connectivity index (χ0n) is 15.7. The Bertz CT molecular complexity index is 1170. The molecule has 4 heterocycles. The van der Waals surface area contributed by atoms with Crippen LogP contribution in [0.1, 0.15) is 5.69 Å². The summed E-state index contributed by atoms with van der Waals surface area (Å²) < 4.78 is 6.59. The molecule has 11 heteroatoms. The summed E-state index contributed by atoms with van der Waals surface area (Å²) in [5.74, 6) is 0.817. The number of carbonyl (C=O) groups is 1. The first-order valence-electron chi connectivity index (χ1n) is 9.04. The van der Waals surface area contributed by atoms with E-state index in [-0.39, 0.29) is 31.0 Å². The van der Waals surface area contributed by atoms with Crippen LogP contribution in [-0.2, 0) is 17.8 Å². The summed E-state index contributed by atoms with van der Waals surface area (Å²) in [4.78, 5) is 36.7. The van der Waals surface area contributed by atoms with E-state index >= 15 is 0 Å². The van der Waals surface area contributed by atoms with Crippen molar-refractivity contribution in [3.05, 3.63) is 70.4 Å². The lowest BCUT2D eigenvalue weighted by atomic mass is 10.3. The van der Waals surface area contributed by atoms with Gasteiger partial charge in [-0.2, -0.15) is 5.10 Å². The van der Waals surface area contributed by atoms with Crippen LogP contribution < -0.4 is 16.2 Å². The van der Waals surface area contributed by atoms with Crippen LogP contribution in [0.25, 0.3) is 11.5 Å². The molecule has 0 aliphatic carbocycles. The first-order valence-corrected chi connectivity index (χ1v) is 9.92. The molecule has 2 N–H and O–H groups in total. The Kier molecular flexibility index (Phi) is 5.90. The van der Waals surface area contributed by atoms with E-state index in [1.54, 1.807) is 48.3 Å². The van der Waals surface area contributed by atoms with Crippen molar-refractivity contribution < 1.29 is 9.21 Å². The molecule has 4 rings (SSSR count). The molecule has 0 bridgehead atoms. The molecule has 0 spiro atoms. The summed E-state index contributed by atoms with van der Waals surface area (Å²) in [7, 11) is 0. The second-order valence-corrected chi connectivity index (χ2v) is 6.98. The SMILES string of the molecule is O=C(Cc1csc(Nc2ncccn2)n1)NCCn1nc(-c2ccco2)ccc1=O. The van der Waals surface area contributed by atoms with Gasteiger partial charge in [-0.25, -0.2) is 19.6 Å². The van der Waals surface area contributed by atoms with Gasteiger partial charge in [-0.1, -0.05) is 0 Å². The number of carbonyl (C=O) groups excluding carboxylic acids is 1. The van der Waals surface area contributed by atoms with Gasteiger partial charge in [0.05, 0.1) is 24.9 Å². The standard InChI is InChI=1S/C19H17N7O3S/c27-16(11-13-12-30-19(23-13)24-18-21-6-2-7-22-18)20-8-9-26-17(28)5-4-14(25-26)15-3-1-10-29-15/h1-7,10,12H,8-9,11H2,(H,20,27)(H,21,22,23,24). The summed E-state index contributed by atoms with van der Waals surface area (Å²) in [5, 5.41) is 12.4. The van der Waals surface area contributed by atoms with Gasteiger partial charge in [-0.3, -0.25) is 9.59 Å². The van der Waals surface area contributed by atoms with Crippen molar-refractivity contribution in [3.63, 3.8) is 0 Å². The third kappa shape index (κ3) is 4.94. The molecule has 4 aromatic rings. The minimum atomic E-state index is -0.252. The van der Waals surface area contributed by atoms with Gasteiger partial charge >= 0.3 is 0 Å². The highest BCUT2D eigenvalue weighted by Gasteiger charge is 2.10. The van der Waals surface area contributed by atoms with Crippen LogP contribution in [0.4, 0.5) is 11.1 Å². The zero-order chi connectivity index (χ0) is 20.8. The molecule has 1 amide bonds. The predicted molar refractivity (Wildman–Crippen MR) is 110 cm³/mol. The van der Waals surface area contributed by atoms with Crippen LogP contribution in [0.5, 0.6) is 0 Å². The number of thiazole rings is 1. The van der Waals surface area contributed by atoms with Crippen LogP contribution in [0.15, 0.2) is 63.6 Å². The molecular weight excluding hydrogens is 406 g/mol. The molecule has 0 fully saturated rings. The Morgan fingerprint density at radius 2 is 2.03 bits per heavy atom. The fourth-order valence-electron chi connectivity index (χ4n) is 2.60. The van der Waals surface area contributed by atoms with Gasteiger partial charge in [0.2, 0.25) is 11.9 Å². The van der Waals surface area contributed by atoms with E-state index in [4.69, 9.17) is 4.42 Å². The van der Waals surface area contributed by atoms with E-state index in [0.717, 1.165) is 0 Å². The number of nitrogens with zero attached hydrogens (tertiary/aromatic N) is 5. The monoisotopic (exact) mass is 423 g/mol. The van der Waals surface area contributed by atoms with Gasteiger partial charge in [0.25, 0.3) is 5.56 Å². The molecule has 0 aromatic carbocycles. The van der Waals surface area contributed by atoms with Gasteiger partial charge < -0.3 is 15.1 Å². The molecule has 0 unspecified atom stereocenters. The quantitative estimate of drug-likeness (QED) is 0.439. The van der Waals surface area contributed by atoms with Gasteiger partial charge in [-0.05, 0) is 24.3 Å². The molecule has 0 aliphatic rings. The van der Waals surface area contributed by atoms with Crippen LogP contribution in [-0.4, -0.2) is 37.2 Å². The maximum absolute atomic E-state index is 12.2. The predicted octanol–water partition coefficient (Wildman–Crippen LogP) is 1.85.